The van der Waals surface area contributed by atoms with Crippen LogP contribution >= 0.6 is 0 Å². The van der Waals surface area contributed by atoms with Gasteiger partial charge in [0, 0.05) is 37.7 Å². The number of halogens is 1. The molecule has 0 radical (unpaired) electrons. The molecule has 1 heterocycles. The lowest BCUT2D eigenvalue weighted by atomic mass is 10.1. The summed E-state index contributed by atoms with van der Waals surface area (Å²) < 4.78 is 12.8. The van der Waals surface area contributed by atoms with Gasteiger partial charge < -0.3 is 15.5 Å². The number of rotatable bonds is 6. The molecule has 1 aliphatic heterocycles. The van der Waals surface area contributed by atoms with Crippen LogP contribution < -0.4 is 10.6 Å². The van der Waals surface area contributed by atoms with Gasteiger partial charge in [0.25, 0.3) is 5.91 Å². The first-order chi connectivity index (χ1) is 11.5. The first-order valence-corrected chi connectivity index (χ1v) is 8.15. The number of nitrogens with one attached hydrogen (secondary N) is 2. The Kier molecular flexibility index (Phi) is 4.78. The molecule has 0 bridgehead atoms. The van der Waals surface area contributed by atoms with Gasteiger partial charge in [-0.25, -0.2) is 4.39 Å². The molecule has 2 aliphatic rings. The van der Waals surface area contributed by atoms with E-state index >= 15 is 0 Å². The van der Waals surface area contributed by atoms with E-state index in [2.05, 4.69) is 10.6 Å². The number of likely N-dealkylation sites (tertiary alicyclic amines) is 1. The lowest BCUT2D eigenvalue weighted by Crippen LogP contribution is -2.38. The molecular weight excluding hydrogens is 313 g/mol. The van der Waals surface area contributed by atoms with E-state index < -0.39 is 5.82 Å². The molecule has 3 rings (SSSR count). The zero-order valence-electron chi connectivity index (χ0n) is 13.3. The Bertz CT molecular complexity index is 643. The van der Waals surface area contributed by atoms with Crippen molar-refractivity contribution in [1.29, 1.82) is 0 Å². The first-order valence-electron chi connectivity index (χ1n) is 8.15. The Balaban J connectivity index is 1.37. The molecule has 1 aliphatic carbocycles. The molecule has 1 aromatic carbocycles. The summed E-state index contributed by atoms with van der Waals surface area (Å²) in [4.78, 5) is 37.6. The van der Waals surface area contributed by atoms with E-state index in [4.69, 9.17) is 0 Å². The van der Waals surface area contributed by atoms with Crippen LogP contribution in [-0.4, -0.2) is 48.3 Å². The molecule has 1 aromatic rings. The van der Waals surface area contributed by atoms with E-state index in [0.29, 0.717) is 24.7 Å². The quantitative estimate of drug-likeness (QED) is 0.752. The monoisotopic (exact) mass is 333 g/mol. The van der Waals surface area contributed by atoms with Gasteiger partial charge in [0.05, 0.1) is 5.92 Å². The van der Waals surface area contributed by atoms with Crippen molar-refractivity contribution in [2.75, 3.05) is 19.6 Å². The smallest absolute Gasteiger partial charge is 0.251 e. The highest BCUT2D eigenvalue weighted by Gasteiger charge is 2.41. The summed E-state index contributed by atoms with van der Waals surface area (Å²) in [5.74, 6) is -1.11. The average Bonchev–Trinajstić information content (AvgIpc) is 3.34. The zero-order chi connectivity index (χ0) is 17.1. The van der Waals surface area contributed by atoms with Crippen molar-refractivity contribution < 1.29 is 18.8 Å². The summed E-state index contributed by atoms with van der Waals surface area (Å²) in [5.41, 5.74) is 0.365. The first kappa shape index (κ1) is 16.4. The van der Waals surface area contributed by atoms with E-state index in [1.165, 1.54) is 24.3 Å². The largest absolute Gasteiger partial charge is 0.354 e. The maximum Gasteiger partial charge on any atom is 0.251 e. The van der Waals surface area contributed by atoms with Crippen LogP contribution in [0.15, 0.2) is 24.3 Å². The fourth-order valence-electron chi connectivity index (χ4n) is 2.86. The SMILES string of the molecule is O=C(NCCNC(=O)[C@@H]1CC(=O)N(C2CC2)C1)c1ccc(F)cc1. The number of carbonyl (C=O) groups is 3. The highest BCUT2D eigenvalue weighted by molar-refractivity contribution is 5.94. The lowest BCUT2D eigenvalue weighted by Gasteiger charge is -2.15. The van der Waals surface area contributed by atoms with Crippen LogP contribution in [-0.2, 0) is 9.59 Å². The lowest BCUT2D eigenvalue weighted by molar-refractivity contribution is -0.129. The van der Waals surface area contributed by atoms with Crippen molar-refractivity contribution in [2.24, 2.45) is 5.92 Å². The molecule has 1 saturated heterocycles. The second-order valence-electron chi connectivity index (χ2n) is 6.23. The molecule has 2 N–H and O–H groups in total. The van der Waals surface area contributed by atoms with E-state index in [0.717, 1.165) is 12.8 Å². The number of nitrogens with zero attached hydrogens (tertiary/aromatic N) is 1. The highest BCUT2D eigenvalue weighted by atomic mass is 19.1. The van der Waals surface area contributed by atoms with E-state index in [-0.39, 0.29) is 36.6 Å². The van der Waals surface area contributed by atoms with E-state index in [1.54, 1.807) is 4.90 Å². The summed E-state index contributed by atoms with van der Waals surface area (Å²) in [6, 6.07) is 5.59. The highest BCUT2D eigenvalue weighted by Crippen LogP contribution is 2.32. The minimum atomic E-state index is -0.398. The summed E-state index contributed by atoms with van der Waals surface area (Å²) in [7, 11) is 0. The van der Waals surface area contributed by atoms with Crippen molar-refractivity contribution >= 4 is 17.7 Å². The fraction of sp³-hybridized carbons (Fsp3) is 0.471. The molecule has 0 aromatic heterocycles. The topological polar surface area (TPSA) is 78.5 Å². The summed E-state index contributed by atoms with van der Waals surface area (Å²) in [5, 5.41) is 5.41. The summed E-state index contributed by atoms with van der Waals surface area (Å²) >= 11 is 0. The molecule has 0 unspecified atom stereocenters. The van der Waals surface area contributed by atoms with Gasteiger partial charge >= 0.3 is 0 Å². The standard InChI is InChI=1S/C17H20FN3O3/c18-13-3-1-11(2-4-13)16(23)19-7-8-20-17(24)12-9-15(22)21(10-12)14-5-6-14/h1-4,12,14H,5-10H2,(H,19,23)(H,20,24)/t12-/m1/s1. The second kappa shape index (κ2) is 6.98. The third-order valence-corrected chi connectivity index (χ3v) is 4.33. The van der Waals surface area contributed by atoms with Crippen molar-refractivity contribution in [3.63, 3.8) is 0 Å². The van der Waals surface area contributed by atoms with Crippen LogP contribution in [0.4, 0.5) is 4.39 Å². The van der Waals surface area contributed by atoms with Crippen LogP contribution in [0.25, 0.3) is 0 Å². The molecule has 128 valence electrons. The van der Waals surface area contributed by atoms with Crippen LogP contribution in [0.2, 0.25) is 0 Å². The van der Waals surface area contributed by atoms with Crippen molar-refractivity contribution in [3.8, 4) is 0 Å². The molecule has 3 amide bonds. The van der Waals surface area contributed by atoms with Gasteiger partial charge in [-0.15, -0.1) is 0 Å². The van der Waals surface area contributed by atoms with Gasteiger partial charge in [-0.2, -0.15) is 0 Å². The minimum Gasteiger partial charge on any atom is -0.354 e. The average molecular weight is 333 g/mol. The van der Waals surface area contributed by atoms with Crippen LogP contribution in [0.5, 0.6) is 0 Å². The molecular formula is C17H20FN3O3. The second-order valence-corrected chi connectivity index (χ2v) is 6.23. The maximum absolute atomic E-state index is 12.8. The Morgan fingerprint density at radius 2 is 1.79 bits per heavy atom. The molecule has 1 atom stereocenters. The molecule has 1 saturated carbocycles. The Morgan fingerprint density at radius 1 is 1.12 bits per heavy atom. The molecule has 24 heavy (non-hydrogen) atoms. The molecule has 7 heteroatoms. The zero-order valence-corrected chi connectivity index (χ0v) is 13.3. The van der Waals surface area contributed by atoms with Gasteiger partial charge in [0.15, 0.2) is 0 Å². The molecule has 0 spiro atoms. The van der Waals surface area contributed by atoms with Gasteiger partial charge in [0.1, 0.15) is 5.82 Å². The van der Waals surface area contributed by atoms with Crippen LogP contribution in [0.3, 0.4) is 0 Å². The number of amides is 3. The van der Waals surface area contributed by atoms with Gasteiger partial charge in [0.2, 0.25) is 11.8 Å². The van der Waals surface area contributed by atoms with Gasteiger partial charge in [-0.1, -0.05) is 0 Å². The predicted molar refractivity (Wildman–Crippen MR) is 84.6 cm³/mol. The minimum absolute atomic E-state index is 0.0577. The summed E-state index contributed by atoms with van der Waals surface area (Å²) in [6.07, 6.45) is 2.34. The Labute approximate surface area is 139 Å². The molecule has 6 nitrogen and oxygen atoms in total. The number of hydrogen-bond donors (Lipinski definition) is 2. The maximum atomic E-state index is 12.8. The van der Waals surface area contributed by atoms with Gasteiger partial charge in [-0.05, 0) is 37.1 Å². The number of hydrogen-bond acceptors (Lipinski definition) is 3. The van der Waals surface area contributed by atoms with E-state index in [9.17, 15) is 18.8 Å². The fourth-order valence-corrected chi connectivity index (χ4v) is 2.86. The third kappa shape index (κ3) is 3.90. The van der Waals surface area contributed by atoms with E-state index in [1.807, 2.05) is 0 Å². The van der Waals surface area contributed by atoms with Crippen molar-refractivity contribution in [3.05, 3.63) is 35.6 Å². The third-order valence-electron chi connectivity index (χ3n) is 4.33. The van der Waals surface area contributed by atoms with Crippen LogP contribution in [0.1, 0.15) is 29.6 Å². The Morgan fingerprint density at radius 3 is 2.46 bits per heavy atom. The van der Waals surface area contributed by atoms with Crippen LogP contribution in [0, 0.1) is 11.7 Å². The predicted octanol–water partition coefficient (Wildman–Crippen LogP) is 0.683. The summed E-state index contributed by atoms with van der Waals surface area (Å²) in [6.45, 7) is 1.06. The Hall–Kier alpha value is -2.44. The van der Waals surface area contributed by atoms with Crippen molar-refractivity contribution in [2.45, 2.75) is 25.3 Å². The number of benzene rings is 1. The number of carbonyl (C=O) groups excluding carboxylic acids is 3. The van der Waals surface area contributed by atoms with Gasteiger partial charge in [-0.3, -0.25) is 14.4 Å². The molecule has 2 fully saturated rings. The van der Waals surface area contributed by atoms with Crippen molar-refractivity contribution in [1.82, 2.24) is 15.5 Å². The normalized spacial score (nSPS) is 20.1.